The molecule has 3 N–H and O–H groups in total. The first-order valence-corrected chi connectivity index (χ1v) is 5.96. The van der Waals surface area contributed by atoms with E-state index in [9.17, 15) is 10.2 Å². The van der Waals surface area contributed by atoms with Crippen LogP contribution in [0.2, 0.25) is 0 Å². The standard InChI is InChI=1S/C12H25NO2/c1-11(2,3)9-13-12(15)7-5-4-6-10(12)8-14/h10,13-15H,4-9H2,1-3H3. The van der Waals surface area contributed by atoms with E-state index in [0.717, 1.165) is 32.2 Å². The zero-order valence-corrected chi connectivity index (χ0v) is 10.2. The van der Waals surface area contributed by atoms with E-state index in [0.29, 0.717) is 0 Å². The molecule has 0 heterocycles. The lowest BCUT2D eigenvalue weighted by Crippen LogP contribution is -2.56. The van der Waals surface area contributed by atoms with Crippen LogP contribution < -0.4 is 5.32 Å². The van der Waals surface area contributed by atoms with Crippen molar-refractivity contribution in [1.29, 1.82) is 0 Å². The maximum absolute atomic E-state index is 10.4. The van der Waals surface area contributed by atoms with Crippen LogP contribution >= 0.6 is 0 Å². The average Bonchev–Trinajstić information content (AvgIpc) is 2.15. The third-order valence-corrected chi connectivity index (χ3v) is 3.18. The maximum Gasteiger partial charge on any atom is 0.121 e. The summed E-state index contributed by atoms with van der Waals surface area (Å²) in [6.07, 6.45) is 3.84. The van der Waals surface area contributed by atoms with Gasteiger partial charge in [-0.05, 0) is 24.7 Å². The minimum Gasteiger partial charge on any atom is -0.396 e. The number of aliphatic hydroxyl groups excluding tert-OH is 1. The summed E-state index contributed by atoms with van der Waals surface area (Å²) in [5.41, 5.74) is -0.687. The summed E-state index contributed by atoms with van der Waals surface area (Å²) in [6.45, 7) is 7.27. The highest BCUT2D eigenvalue weighted by molar-refractivity contribution is 4.88. The van der Waals surface area contributed by atoms with Crippen LogP contribution in [0, 0.1) is 11.3 Å². The maximum atomic E-state index is 10.4. The van der Waals surface area contributed by atoms with Crippen LogP contribution in [-0.2, 0) is 0 Å². The number of rotatable bonds is 3. The highest BCUT2D eigenvalue weighted by atomic mass is 16.3. The minimum absolute atomic E-state index is 0.00593. The summed E-state index contributed by atoms with van der Waals surface area (Å²) < 4.78 is 0. The largest absolute Gasteiger partial charge is 0.396 e. The summed E-state index contributed by atoms with van der Waals surface area (Å²) >= 11 is 0. The van der Waals surface area contributed by atoms with Crippen molar-refractivity contribution in [2.24, 2.45) is 11.3 Å². The van der Waals surface area contributed by atoms with Crippen LogP contribution in [0.3, 0.4) is 0 Å². The highest BCUT2D eigenvalue weighted by Gasteiger charge is 2.38. The molecule has 0 aromatic rings. The fourth-order valence-electron chi connectivity index (χ4n) is 2.12. The Balaban J connectivity index is 2.54. The van der Waals surface area contributed by atoms with Crippen LogP contribution in [0.15, 0.2) is 0 Å². The Morgan fingerprint density at radius 2 is 2.00 bits per heavy atom. The summed E-state index contributed by atoms with van der Waals surface area (Å²) in [5, 5.41) is 22.9. The van der Waals surface area contributed by atoms with Crippen molar-refractivity contribution in [1.82, 2.24) is 5.32 Å². The Bertz CT molecular complexity index is 200. The molecule has 15 heavy (non-hydrogen) atoms. The van der Waals surface area contributed by atoms with Gasteiger partial charge in [-0.1, -0.05) is 27.2 Å². The Labute approximate surface area is 92.9 Å². The first-order valence-electron chi connectivity index (χ1n) is 5.96. The van der Waals surface area contributed by atoms with E-state index in [4.69, 9.17) is 0 Å². The molecule has 90 valence electrons. The molecule has 1 rings (SSSR count). The number of nitrogens with one attached hydrogen (secondary N) is 1. The van der Waals surface area contributed by atoms with E-state index in [1.54, 1.807) is 0 Å². The van der Waals surface area contributed by atoms with Crippen molar-refractivity contribution < 1.29 is 10.2 Å². The summed E-state index contributed by atoms with van der Waals surface area (Å²) in [5.74, 6) is -0.00593. The second-order valence-electron chi connectivity index (χ2n) is 5.96. The van der Waals surface area contributed by atoms with E-state index in [2.05, 4.69) is 26.1 Å². The Hall–Kier alpha value is -0.120. The van der Waals surface area contributed by atoms with E-state index in [1.807, 2.05) is 0 Å². The number of hydrogen-bond donors (Lipinski definition) is 3. The Morgan fingerprint density at radius 1 is 1.33 bits per heavy atom. The molecule has 1 fully saturated rings. The Kier molecular flexibility index (Phi) is 4.15. The van der Waals surface area contributed by atoms with Gasteiger partial charge >= 0.3 is 0 Å². The predicted molar refractivity (Wildman–Crippen MR) is 61.5 cm³/mol. The van der Waals surface area contributed by atoms with E-state index >= 15 is 0 Å². The van der Waals surface area contributed by atoms with Crippen LogP contribution in [0.25, 0.3) is 0 Å². The number of hydrogen-bond acceptors (Lipinski definition) is 3. The highest BCUT2D eigenvalue weighted by Crippen LogP contribution is 2.32. The molecule has 0 amide bonds. The fourth-order valence-corrected chi connectivity index (χ4v) is 2.12. The van der Waals surface area contributed by atoms with E-state index < -0.39 is 5.72 Å². The van der Waals surface area contributed by atoms with E-state index in [-0.39, 0.29) is 17.9 Å². The van der Waals surface area contributed by atoms with Gasteiger partial charge in [0.2, 0.25) is 0 Å². The monoisotopic (exact) mass is 215 g/mol. The lowest BCUT2D eigenvalue weighted by Gasteiger charge is -2.41. The molecule has 0 spiro atoms. The van der Waals surface area contributed by atoms with E-state index in [1.165, 1.54) is 0 Å². The van der Waals surface area contributed by atoms with Gasteiger partial charge in [-0.2, -0.15) is 0 Å². The summed E-state index contributed by atoms with van der Waals surface area (Å²) in [6, 6.07) is 0. The third-order valence-electron chi connectivity index (χ3n) is 3.18. The topological polar surface area (TPSA) is 52.5 Å². The molecule has 0 aromatic carbocycles. The van der Waals surface area contributed by atoms with Gasteiger partial charge in [-0.3, -0.25) is 5.32 Å². The zero-order chi connectivity index (χ0) is 11.5. The molecule has 1 saturated carbocycles. The lowest BCUT2D eigenvalue weighted by atomic mass is 9.81. The molecule has 2 unspecified atom stereocenters. The van der Waals surface area contributed by atoms with Gasteiger partial charge in [0.15, 0.2) is 0 Å². The van der Waals surface area contributed by atoms with Gasteiger partial charge in [-0.15, -0.1) is 0 Å². The van der Waals surface area contributed by atoms with Gasteiger partial charge in [0.05, 0.1) is 0 Å². The lowest BCUT2D eigenvalue weighted by molar-refractivity contribution is -0.0964. The average molecular weight is 215 g/mol. The molecule has 0 radical (unpaired) electrons. The second kappa shape index (κ2) is 4.81. The summed E-state index contributed by atoms with van der Waals surface area (Å²) in [4.78, 5) is 0. The van der Waals surface area contributed by atoms with Crippen molar-refractivity contribution >= 4 is 0 Å². The first-order chi connectivity index (χ1) is 6.87. The van der Waals surface area contributed by atoms with Crippen molar-refractivity contribution in [2.45, 2.75) is 52.2 Å². The van der Waals surface area contributed by atoms with Gasteiger partial charge in [0, 0.05) is 19.1 Å². The zero-order valence-electron chi connectivity index (χ0n) is 10.2. The molecule has 3 heteroatoms. The van der Waals surface area contributed by atoms with Crippen molar-refractivity contribution in [3.05, 3.63) is 0 Å². The Morgan fingerprint density at radius 3 is 2.53 bits per heavy atom. The van der Waals surface area contributed by atoms with Gasteiger partial charge in [-0.25, -0.2) is 0 Å². The minimum atomic E-state index is -0.847. The molecule has 1 aliphatic carbocycles. The van der Waals surface area contributed by atoms with Crippen molar-refractivity contribution in [3.8, 4) is 0 Å². The van der Waals surface area contributed by atoms with Crippen LogP contribution in [0.1, 0.15) is 46.5 Å². The molecule has 0 saturated heterocycles. The molecular weight excluding hydrogens is 190 g/mol. The van der Waals surface area contributed by atoms with Crippen LogP contribution in [-0.4, -0.2) is 29.1 Å². The fraction of sp³-hybridized carbons (Fsp3) is 1.00. The third kappa shape index (κ3) is 3.74. The SMILES string of the molecule is CC(C)(C)CNC1(O)CCCCC1CO. The smallest absolute Gasteiger partial charge is 0.121 e. The molecule has 0 aromatic heterocycles. The van der Waals surface area contributed by atoms with Gasteiger partial charge in [0.1, 0.15) is 5.72 Å². The first kappa shape index (κ1) is 12.9. The molecule has 0 aliphatic heterocycles. The quantitative estimate of drug-likeness (QED) is 0.625. The van der Waals surface area contributed by atoms with Gasteiger partial charge < -0.3 is 10.2 Å². The van der Waals surface area contributed by atoms with Crippen LogP contribution in [0.5, 0.6) is 0 Å². The van der Waals surface area contributed by atoms with Gasteiger partial charge in [0.25, 0.3) is 0 Å². The second-order valence-corrected chi connectivity index (χ2v) is 5.96. The molecule has 1 aliphatic rings. The predicted octanol–water partition coefficient (Wildman–Crippen LogP) is 1.49. The molecule has 3 nitrogen and oxygen atoms in total. The number of aliphatic hydroxyl groups is 2. The normalized spacial score (nSPS) is 33.0. The van der Waals surface area contributed by atoms with Crippen molar-refractivity contribution in [2.75, 3.05) is 13.2 Å². The molecule has 0 bridgehead atoms. The molecule has 2 atom stereocenters. The molecular formula is C12H25NO2. The summed E-state index contributed by atoms with van der Waals surface area (Å²) in [7, 11) is 0. The van der Waals surface area contributed by atoms with Crippen molar-refractivity contribution in [3.63, 3.8) is 0 Å². The van der Waals surface area contributed by atoms with Crippen LogP contribution in [0.4, 0.5) is 0 Å².